The van der Waals surface area contributed by atoms with Gasteiger partial charge in [0.25, 0.3) is 0 Å². The number of β-amino-alcohol motifs (C(OH)–C–C–N with tert-alkyl or cyclic N) is 1. The predicted molar refractivity (Wildman–Crippen MR) is 160 cm³/mol. The number of methoxy groups -OCH3 is 1. The van der Waals surface area contributed by atoms with Crippen LogP contribution < -0.4 is 16.0 Å². The fourth-order valence-electron chi connectivity index (χ4n) is 4.65. The molecule has 1 aliphatic rings. The number of benzene rings is 1. The summed E-state index contributed by atoms with van der Waals surface area (Å²) in [6.45, 7) is 8.05. The molecule has 2 heterocycles. The number of hydrogen-bond donors (Lipinski definition) is 4. The van der Waals surface area contributed by atoms with Gasteiger partial charge in [-0.25, -0.2) is 4.98 Å². The molecule has 0 unspecified atom stereocenters. The number of nitrogens with zero attached hydrogens (tertiary/aromatic N) is 2. The average Bonchev–Trinajstić information content (AvgIpc) is 3.55. The van der Waals surface area contributed by atoms with Crippen molar-refractivity contribution in [3.05, 3.63) is 52.9 Å². The Morgan fingerprint density at radius 2 is 1.86 bits per heavy atom. The predicted octanol–water partition coefficient (Wildman–Crippen LogP) is 2.63. The van der Waals surface area contributed by atoms with E-state index in [2.05, 4.69) is 37.8 Å². The number of likely N-dealkylation sites (tertiary alicyclic amines) is 1. The highest BCUT2D eigenvalue weighted by Crippen LogP contribution is 2.27. The first kappa shape index (κ1) is 32.7. The van der Waals surface area contributed by atoms with E-state index in [0.29, 0.717) is 25.1 Å². The SMILES string of the molecule is COC(=O)CCC(=O)N[C@@H](CC(C)C)C(=O)N[C@@H](C)C(=O)N1C[C@H](O)C/C1=C\NCc1ccc(-c2scnc2C)cc1. The van der Waals surface area contributed by atoms with Gasteiger partial charge >= 0.3 is 5.97 Å². The molecule has 2 aromatic rings. The summed E-state index contributed by atoms with van der Waals surface area (Å²) in [5, 5.41) is 18.9. The third-order valence-electron chi connectivity index (χ3n) is 6.86. The fourth-order valence-corrected chi connectivity index (χ4v) is 5.46. The molecule has 3 rings (SSSR count). The lowest BCUT2D eigenvalue weighted by molar-refractivity contribution is -0.142. The Bertz CT molecular complexity index is 1280. The van der Waals surface area contributed by atoms with E-state index in [9.17, 15) is 24.3 Å². The maximum Gasteiger partial charge on any atom is 0.306 e. The highest BCUT2D eigenvalue weighted by molar-refractivity contribution is 7.13. The highest BCUT2D eigenvalue weighted by atomic mass is 32.1. The molecule has 3 amide bonds. The van der Waals surface area contributed by atoms with Gasteiger partial charge in [0.1, 0.15) is 12.1 Å². The molecule has 3 atom stereocenters. The van der Waals surface area contributed by atoms with E-state index in [1.54, 1.807) is 24.5 Å². The van der Waals surface area contributed by atoms with Crippen LogP contribution in [0, 0.1) is 12.8 Å². The minimum atomic E-state index is -0.893. The molecule has 12 heteroatoms. The number of thiazole rings is 1. The number of aliphatic hydroxyl groups excluding tert-OH is 1. The number of hydrogen-bond acceptors (Lipinski definition) is 9. The lowest BCUT2D eigenvalue weighted by atomic mass is 10.0. The topological polar surface area (TPSA) is 150 Å². The molecule has 42 heavy (non-hydrogen) atoms. The number of carbonyl (C=O) groups is 4. The van der Waals surface area contributed by atoms with Crippen LogP contribution in [0.3, 0.4) is 0 Å². The molecule has 0 saturated carbocycles. The molecular formula is C30H41N5O6S. The normalized spacial score (nSPS) is 17.2. The summed E-state index contributed by atoms with van der Waals surface area (Å²) in [4.78, 5) is 57.0. The first-order chi connectivity index (χ1) is 20.0. The van der Waals surface area contributed by atoms with Crippen molar-refractivity contribution in [2.24, 2.45) is 5.92 Å². The molecule has 228 valence electrons. The van der Waals surface area contributed by atoms with Gasteiger partial charge in [-0.1, -0.05) is 38.1 Å². The van der Waals surface area contributed by atoms with Crippen molar-refractivity contribution in [1.29, 1.82) is 0 Å². The summed E-state index contributed by atoms with van der Waals surface area (Å²) < 4.78 is 4.56. The Hall–Kier alpha value is -3.77. The first-order valence-corrected chi connectivity index (χ1v) is 14.9. The Morgan fingerprint density at radius 3 is 2.48 bits per heavy atom. The summed E-state index contributed by atoms with van der Waals surface area (Å²) in [6.07, 6.45) is 1.48. The molecule has 0 aliphatic carbocycles. The van der Waals surface area contributed by atoms with Gasteiger partial charge < -0.3 is 30.7 Å². The van der Waals surface area contributed by atoms with Gasteiger partial charge in [-0.3, -0.25) is 19.2 Å². The highest BCUT2D eigenvalue weighted by Gasteiger charge is 2.34. The third-order valence-corrected chi connectivity index (χ3v) is 7.84. The second kappa shape index (κ2) is 15.5. The summed E-state index contributed by atoms with van der Waals surface area (Å²) in [5.74, 6) is -1.73. The molecule has 0 radical (unpaired) electrons. The number of nitrogens with one attached hydrogen (secondary N) is 3. The van der Waals surface area contributed by atoms with Crippen molar-refractivity contribution in [2.75, 3.05) is 13.7 Å². The van der Waals surface area contributed by atoms with Crippen LogP contribution >= 0.6 is 11.3 Å². The Labute approximate surface area is 250 Å². The van der Waals surface area contributed by atoms with Gasteiger partial charge in [0.2, 0.25) is 17.7 Å². The standard InChI is InChI=1S/C30H41N5O6S/c1-18(2)12-25(34-26(37)10-11-27(38)41-5)29(39)33-20(4)30(40)35-16-24(36)13-23(35)15-31-14-21-6-8-22(9-7-21)28-19(3)32-17-42-28/h6-9,15,17-18,20,24-25,31,36H,10-14,16H2,1-5H3,(H,33,39)(H,34,37)/b23-15+/t20-,24+,25-/m0/s1. The van der Waals surface area contributed by atoms with Gasteiger partial charge in [0.05, 0.1) is 42.3 Å². The zero-order valence-corrected chi connectivity index (χ0v) is 25.6. The zero-order valence-electron chi connectivity index (χ0n) is 24.8. The van der Waals surface area contributed by atoms with Crippen LogP contribution in [0.25, 0.3) is 10.4 Å². The lowest BCUT2D eigenvalue weighted by Crippen LogP contribution is -2.53. The van der Waals surface area contributed by atoms with E-state index in [-0.39, 0.29) is 31.2 Å². The van der Waals surface area contributed by atoms with Gasteiger partial charge in [-0.05, 0) is 37.3 Å². The van der Waals surface area contributed by atoms with Crippen molar-refractivity contribution in [1.82, 2.24) is 25.8 Å². The number of aryl methyl sites for hydroxylation is 1. The summed E-state index contributed by atoms with van der Waals surface area (Å²) in [6, 6.07) is 6.42. The lowest BCUT2D eigenvalue weighted by Gasteiger charge is -2.26. The number of rotatable bonds is 13. The van der Waals surface area contributed by atoms with Crippen LogP contribution in [0.5, 0.6) is 0 Å². The number of aliphatic hydroxyl groups is 1. The van der Waals surface area contributed by atoms with Crippen LogP contribution in [0.1, 0.15) is 57.7 Å². The van der Waals surface area contributed by atoms with Crippen molar-refractivity contribution < 1.29 is 29.0 Å². The van der Waals surface area contributed by atoms with Crippen molar-refractivity contribution in [2.45, 2.75) is 78.1 Å². The Balaban J connectivity index is 1.58. The molecule has 1 aromatic heterocycles. The van der Waals surface area contributed by atoms with Crippen LogP contribution in [-0.4, -0.2) is 70.5 Å². The van der Waals surface area contributed by atoms with Gasteiger partial charge in [-0.2, -0.15) is 0 Å². The van der Waals surface area contributed by atoms with Crippen LogP contribution in [-0.2, 0) is 30.5 Å². The number of esters is 1. The number of amides is 3. The van der Waals surface area contributed by atoms with E-state index in [1.807, 2.05) is 38.4 Å². The molecule has 0 spiro atoms. The molecular weight excluding hydrogens is 558 g/mol. The number of aromatic nitrogens is 1. The monoisotopic (exact) mass is 599 g/mol. The van der Waals surface area contributed by atoms with Gasteiger partial charge in [0, 0.05) is 31.3 Å². The molecule has 4 N–H and O–H groups in total. The fraction of sp³-hybridized carbons (Fsp3) is 0.500. The maximum atomic E-state index is 13.3. The van der Waals surface area contributed by atoms with Crippen LogP contribution in [0.15, 0.2) is 41.7 Å². The first-order valence-electron chi connectivity index (χ1n) is 14.1. The summed E-state index contributed by atoms with van der Waals surface area (Å²) >= 11 is 1.60. The number of carbonyl (C=O) groups excluding carboxylic acids is 4. The average molecular weight is 600 g/mol. The van der Waals surface area contributed by atoms with E-state index in [4.69, 9.17) is 0 Å². The Morgan fingerprint density at radius 1 is 1.14 bits per heavy atom. The number of ether oxygens (including phenoxy) is 1. The molecule has 1 aromatic carbocycles. The van der Waals surface area contributed by atoms with E-state index in [0.717, 1.165) is 21.7 Å². The van der Waals surface area contributed by atoms with E-state index < -0.39 is 36.0 Å². The smallest absolute Gasteiger partial charge is 0.306 e. The molecule has 11 nitrogen and oxygen atoms in total. The largest absolute Gasteiger partial charge is 0.469 e. The van der Waals surface area contributed by atoms with E-state index >= 15 is 0 Å². The van der Waals surface area contributed by atoms with Crippen molar-refractivity contribution >= 4 is 35.0 Å². The zero-order chi connectivity index (χ0) is 30.8. The van der Waals surface area contributed by atoms with Crippen LogP contribution in [0.2, 0.25) is 0 Å². The second-order valence-corrected chi connectivity index (χ2v) is 11.7. The molecule has 1 fully saturated rings. The minimum Gasteiger partial charge on any atom is -0.469 e. The summed E-state index contributed by atoms with van der Waals surface area (Å²) in [5.41, 5.74) is 5.63. The molecule has 0 bridgehead atoms. The third kappa shape index (κ3) is 9.38. The second-order valence-electron chi connectivity index (χ2n) is 10.8. The quantitative estimate of drug-likeness (QED) is 0.257. The summed E-state index contributed by atoms with van der Waals surface area (Å²) in [7, 11) is 1.24. The Kier molecular flexibility index (Phi) is 12.0. The van der Waals surface area contributed by atoms with Gasteiger partial charge in [-0.15, -0.1) is 11.3 Å². The van der Waals surface area contributed by atoms with Crippen molar-refractivity contribution in [3.8, 4) is 10.4 Å². The van der Waals surface area contributed by atoms with E-state index in [1.165, 1.54) is 12.0 Å². The minimum absolute atomic E-state index is 0.0917. The van der Waals surface area contributed by atoms with Crippen LogP contribution in [0.4, 0.5) is 0 Å². The van der Waals surface area contributed by atoms with Gasteiger partial charge in [0.15, 0.2) is 0 Å². The van der Waals surface area contributed by atoms with Crippen molar-refractivity contribution in [3.63, 3.8) is 0 Å². The maximum absolute atomic E-state index is 13.3. The molecule has 1 saturated heterocycles. The molecule has 1 aliphatic heterocycles.